The molecule has 0 radical (unpaired) electrons. The molecule has 0 fully saturated rings. The first-order valence-electron chi connectivity index (χ1n) is 6.70. The summed E-state index contributed by atoms with van der Waals surface area (Å²) in [6.07, 6.45) is 1.10. The second-order valence-corrected chi connectivity index (χ2v) is 5.88. The first kappa shape index (κ1) is 12.9. The third-order valence-electron chi connectivity index (χ3n) is 3.42. The van der Waals surface area contributed by atoms with E-state index in [4.69, 9.17) is 0 Å². The van der Waals surface area contributed by atoms with Crippen LogP contribution in [0.4, 0.5) is 0 Å². The zero-order chi connectivity index (χ0) is 13.2. The lowest BCUT2D eigenvalue weighted by molar-refractivity contribution is 0.590. The van der Waals surface area contributed by atoms with Gasteiger partial charge in [-0.15, -0.1) is 0 Å². The van der Waals surface area contributed by atoms with Gasteiger partial charge in [0, 0.05) is 0 Å². The summed E-state index contributed by atoms with van der Waals surface area (Å²) in [6.45, 7) is 8.96. The number of hydrogen-bond acceptors (Lipinski definition) is 0. The van der Waals surface area contributed by atoms with Crippen LogP contribution >= 0.6 is 0 Å². The van der Waals surface area contributed by atoms with Crippen molar-refractivity contribution in [2.24, 2.45) is 0 Å². The van der Waals surface area contributed by atoms with Crippen LogP contribution in [0.1, 0.15) is 38.8 Å². The van der Waals surface area contributed by atoms with E-state index < -0.39 is 0 Å². The predicted molar refractivity (Wildman–Crippen MR) is 80.0 cm³/mol. The second kappa shape index (κ2) is 4.97. The minimum atomic E-state index is 0.208. The van der Waals surface area contributed by atoms with Crippen LogP contribution in [0.3, 0.4) is 0 Å². The summed E-state index contributed by atoms with van der Waals surface area (Å²) in [5.74, 6) is 0. The average Bonchev–Trinajstić information content (AvgIpc) is 2.38. The maximum Gasteiger partial charge on any atom is -0.0132 e. The molecule has 0 aliphatic heterocycles. The topological polar surface area (TPSA) is 0 Å². The van der Waals surface area contributed by atoms with E-state index in [2.05, 4.69) is 76.2 Å². The van der Waals surface area contributed by atoms with Crippen molar-refractivity contribution in [2.45, 2.75) is 39.5 Å². The minimum absolute atomic E-state index is 0.208. The highest BCUT2D eigenvalue weighted by atomic mass is 14.2. The molecule has 0 spiro atoms. The molecule has 0 aliphatic rings. The van der Waals surface area contributed by atoms with Gasteiger partial charge in [-0.2, -0.15) is 0 Å². The summed E-state index contributed by atoms with van der Waals surface area (Å²) in [7, 11) is 0. The Morgan fingerprint density at radius 3 is 2.06 bits per heavy atom. The van der Waals surface area contributed by atoms with Crippen LogP contribution < -0.4 is 0 Å². The fraction of sp³-hybridized carbons (Fsp3) is 0.333. The Morgan fingerprint density at radius 2 is 1.50 bits per heavy atom. The molecule has 0 aromatic heterocycles. The predicted octanol–water partition coefficient (Wildman–Crippen LogP) is 5.21. The van der Waals surface area contributed by atoms with Crippen LogP contribution in [0.2, 0.25) is 0 Å². The van der Waals surface area contributed by atoms with Crippen LogP contribution in [0.25, 0.3) is 11.1 Å². The van der Waals surface area contributed by atoms with E-state index in [1.54, 1.807) is 0 Å². The molecule has 94 valence electrons. The standard InChI is InChI=1S/C18H22/c1-5-14-9-11-15(12-10-14)16-7-6-8-17(13-16)18(2,3)4/h6-13H,5H2,1-4H3. The Hall–Kier alpha value is -1.56. The summed E-state index contributed by atoms with van der Waals surface area (Å²) < 4.78 is 0. The van der Waals surface area contributed by atoms with Crippen molar-refractivity contribution in [3.8, 4) is 11.1 Å². The van der Waals surface area contributed by atoms with Gasteiger partial charge in [-0.3, -0.25) is 0 Å². The summed E-state index contributed by atoms with van der Waals surface area (Å²) in [4.78, 5) is 0. The minimum Gasteiger partial charge on any atom is -0.0614 e. The maximum absolute atomic E-state index is 2.31. The monoisotopic (exact) mass is 238 g/mol. The first-order chi connectivity index (χ1) is 8.50. The zero-order valence-electron chi connectivity index (χ0n) is 11.8. The molecule has 2 aromatic carbocycles. The van der Waals surface area contributed by atoms with Gasteiger partial charge in [0.25, 0.3) is 0 Å². The lowest BCUT2D eigenvalue weighted by Crippen LogP contribution is -2.10. The lowest BCUT2D eigenvalue weighted by Gasteiger charge is -2.19. The van der Waals surface area contributed by atoms with Gasteiger partial charge in [-0.05, 0) is 34.1 Å². The van der Waals surface area contributed by atoms with Gasteiger partial charge in [-0.25, -0.2) is 0 Å². The largest absolute Gasteiger partial charge is 0.0614 e. The normalized spacial score (nSPS) is 11.6. The Morgan fingerprint density at radius 1 is 0.833 bits per heavy atom. The van der Waals surface area contributed by atoms with Crippen LogP contribution in [-0.2, 0) is 11.8 Å². The van der Waals surface area contributed by atoms with Crippen LogP contribution in [-0.4, -0.2) is 0 Å². The van der Waals surface area contributed by atoms with E-state index in [1.807, 2.05) is 0 Å². The highest BCUT2D eigenvalue weighted by molar-refractivity contribution is 5.64. The molecule has 18 heavy (non-hydrogen) atoms. The van der Waals surface area contributed by atoms with Gasteiger partial charge >= 0.3 is 0 Å². The van der Waals surface area contributed by atoms with Crippen LogP contribution in [0, 0.1) is 0 Å². The SMILES string of the molecule is CCc1ccc(-c2cccc(C(C)(C)C)c2)cc1. The van der Waals surface area contributed by atoms with Crippen molar-refractivity contribution in [1.82, 2.24) is 0 Å². The van der Waals surface area contributed by atoms with E-state index in [-0.39, 0.29) is 5.41 Å². The smallest absolute Gasteiger partial charge is 0.0132 e. The molecule has 0 bridgehead atoms. The van der Waals surface area contributed by atoms with Crippen LogP contribution in [0.5, 0.6) is 0 Å². The highest BCUT2D eigenvalue weighted by Crippen LogP contribution is 2.27. The van der Waals surface area contributed by atoms with E-state index in [0.717, 1.165) is 6.42 Å². The van der Waals surface area contributed by atoms with Crippen molar-refractivity contribution < 1.29 is 0 Å². The molecule has 0 nitrogen and oxygen atoms in total. The Kier molecular flexibility index (Phi) is 3.56. The van der Waals surface area contributed by atoms with Crippen molar-refractivity contribution in [1.29, 1.82) is 0 Å². The number of aryl methyl sites for hydroxylation is 1. The molecule has 0 heterocycles. The quantitative estimate of drug-likeness (QED) is 0.673. The Balaban J connectivity index is 2.38. The molecule has 0 saturated heterocycles. The molecule has 0 atom stereocenters. The van der Waals surface area contributed by atoms with Gasteiger partial charge in [-0.1, -0.05) is 76.2 Å². The highest BCUT2D eigenvalue weighted by Gasteiger charge is 2.13. The Labute approximate surface area is 111 Å². The number of hydrogen-bond donors (Lipinski definition) is 0. The summed E-state index contributed by atoms with van der Waals surface area (Å²) in [5.41, 5.74) is 5.60. The zero-order valence-corrected chi connectivity index (χ0v) is 11.8. The maximum atomic E-state index is 2.31. The fourth-order valence-corrected chi connectivity index (χ4v) is 2.10. The molecule has 2 aromatic rings. The molecular weight excluding hydrogens is 216 g/mol. The second-order valence-electron chi connectivity index (χ2n) is 5.88. The van der Waals surface area contributed by atoms with Crippen LogP contribution in [0.15, 0.2) is 48.5 Å². The molecule has 0 saturated carbocycles. The average molecular weight is 238 g/mol. The summed E-state index contributed by atoms with van der Waals surface area (Å²) in [6, 6.07) is 17.8. The van der Waals surface area contributed by atoms with E-state index >= 15 is 0 Å². The van der Waals surface area contributed by atoms with E-state index in [1.165, 1.54) is 22.3 Å². The van der Waals surface area contributed by atoms with Crippen molar-refractivity contribution in [3.63, 3.8) is 0 Å². The summed E-state index contributed by atoms with van der Waals surface area (Å²) >= 11 is 0. The molecule has 0 amide bonds. The molecule has 0 unspecified atom stereocenters. The molecule has 0 heteroatoms. The first-order valence-corrected chi connectivity index (χ1v) is 6.70. The third-order valence-corrected chi connectivity index (χ3v) is 3.42. The molecular formula is C18H22. The molecule has 0 N–H and O–H groups in total. The van der Waals surface area contributed by atoms with Crippen molar-refractivity contribution in [3.05, 3.63) is 59.7 Å². The summed E-state index contributed by atoms with van der Waals surface area (Å²) in [5, 5.41) is 0. The lowest BCUT2D eigenvalue weighted by atomic mass is 9.85. The number of rotatable bonds is 2. The van der Waals surface area contributed by atoms with Gasteiger partial charge in [0.2, 0.25) is 0 Å². The fourth-order valence-electron chi connectivity index (χ4n) is 2.10. The molecule has 2 rings (SSSR count). The van der Waals surface area contributed by atoms with Gasteiger partial charge in [0.05, 0.1) is 0 Å². The third kappa shape index (κ3) is 2.81. The van der Waals surface area contributed by atoms with Gasteiger partial charge in [0.15, 0.2) is 0 Å². The van der Waals surface area contributed by atoms with E-state index in [9.17, 15) is 0 Å². The number of benzene rings is 2. The molecule has 0 aliphatic carbocycles. The van der Waals surface area contributed by atoms with Gasteiger partial charge in [0.1, 0.15) is 0 Å². The van der Waals surface area contributed by atoms with Crippen molar-refractivity contribution >= 4 is 0 Å². The van der Waals surface area contributed by atoms with Gasteiger partial charge < -0.3 is 0 Å². The van der Waals surface area contributed by atoms with E-state index in [0.29, 0.717) is 0 Å². The Bertz CT molecular complexity index is 512. The van der Waals surface area contributed by atoms with Crippen molar-refractivity contribution in [2.75, 3.05) is 0 Å².